The van der Waals surface area contributed by atoms with Gasteiger partial charge < -0.3 is 10.5 Å². The maximum atomic E-state index is 5.97. The van der Waals surface area contributed by atoms with Crippen molar-refractivity contribution >= 4 is 12.4 Å². The second-order valence-electron chi connectivity index (χ2n) is 5.45. The third-order valence-corrected chi connectivity index (χ3v) is 3.92. The zero-order chi connectivity index (χ0) is 13.1. The zero-order valence-electron chi connectivity index (χ0n) is 12.1. The lowest BCUT2D eigenvalue weighted by atomic mass is 10.0. The van der Waals surface area contributed by atoms with Gasteiger partial charge in [0.2, 0.25) is 0 Å². The maximum Gasteiger partial charge on any atom is 0.121 e. The van der Waals surface area contributed by atoms with E-state index < -0.39 is 0 Å². The molecule has 4 heteroatoms. The van der Waals surface area contributed by atoms with Gasteiger partial charge in [0, 0.05) is 19.1 Å². The summed E-state index contributed by atoms with van der Waals surface area (Å²) in [5.41, 5.74) is 8.54. The molecule has 1 aliphatic rings. The van der Waals surface area contributed by atoms with Crippen LogP contribution in [0.4, 0.5) is 0 Å². The molecule has 0 bridgehead atoms. The van der Waals surface area contributed by atoms with Gasteiger partial charge in [0.15, 0.2) is 0 Å². The molecule has 1 saturated heterocycles. The first-order chi connectivity index (χ1) is 8.60. The summed E-state index contributed by atoms with van der Waals surface area (Å²) in [6, 6.07) is 6.75. The van der Waals surface area contributed by atoms with E-state index in [2.05, 4.69) is 36.9 Å². The molecule has 1 aromatic carbocycles. The molecule has 1 aromatic rings. The molecule has 0 aliphatic carbocycles. The zero-order valence-corrected chi connectivity index (χ0v) is 12.9. The number of nitrogens with zero attached hydrogens (tertiary/aromatic N) is 1. The molecule has 2 N–H and O–H groups in total. The Morgan fingerprint density at radius 3 is 2.74 bits per heavy atom. The molecule has 3 nitrogen and oxygen atoms in total. The van der Waals surface area contributed by atoms with Crippen LogP contribution in [-0.2, 0) is 6.54 Å². The average Bonchev–Trinajstić information content (AvgIpc) is 2.78. The number of benzene rings is 1. The Kier molecular flexibility index (Phi) is 6.11. The molecule has 0 saturated carbocycles. The number of rotatable bonds is 4. The van der Waals surface area contributed by atoms with Gasteiger partial charge in [-0.1, -0.05) is 12.1 Å². The summed E-state index contributed by atoms with van der Waals surface area (Å²) in [7, 11) is 1.72. The van der Waals surface area contributed by atoms with Crippen LogP contribution >= 0.6 is 12.4 Å². The number of aryl methyl sites for hydroxylation is 1. The smallest absolute Gasteiger partial charge is 0.121 e. The fraction of sp³-hybridized carbons (Fsp3) is 0.600. The van der Waals surface area contributed by atoms with E-state index in [0.717, 1.165) is 25.4 Å². The monoisotopic (exact) mass is 284 g/mol. The van der Waals surface area contributed by atoms with Crippen LogP contribution < -0.4 is 10.5 Å². The number of ether oxygens (including phenoxy) is 1. The lowest BCUT2D eigenvalue weighted by molar-refractivity contribution is 0.308. The molecule has 2 unspecified atom stereocenters. The van der Waals surface area contributed by atoms with Crippen molar-refractivity contribution in [3.8, 4) is 5.75 Å². The predicted molar refractivity (Wildman–Crippen MR) is 82.0 cm³/mol. The summed E-state index contributed by atoms with van der Waals surface area (Å²) in [6.45, 7) is 7.52. The largest absolute Gasteiger partial charge is 0.496 e. The lowest BCUT2D eigenvalue weighted by Gasteiger charge is -2.18. The second-order valence-corrected chi connectivity index (χ2v) is 5.45. The van der Waals surface area contributed by atoms with Crippen molar-refractivity contribution in [2.24, 2.45) is 11.7 Å². The number of nitrogens with two attached hydrogens (primary N) is 1. The average molecular weight is 285 g/mol. The molecule has 2 atom stereocenters. The normalized spacial score (nSPS) is 20.9. The Morgan fingerprint density at radius 2 is 2.21 bits per heavy atom. The first kappa shape index (κ1) is 16.3. The third-order valence-electron chi connectivity index (χ3n) is 3.92. The van der Waals surface area contributed by atoms with E-state index >= 15 is 0 Å². The van der Waals surface area contributed by atoms with Gasteiger partial charge in [-0.3, -0.25) is 4.90 Å². The Bertz CT molecular complexity index is 409. The van der Waals surface area contributed by atoms with Crippen LogP contribution in [0.2, 0.25) is 0 Å². The second kappa shape index (κ2) is 7.13. The number of hydrogen-bond acceptors (Lipinski definition) is 3. The van der Waals surface area contributed by atoms with E-state index in [1.807, 2.05) is 0 Å². The van der Waals surface area contributed by atoms with Gasteiger partial charge in [-0.05, 0) is 49.9 Å². The number of halogens is 1. The maximum absolute atomic E-state index is 5.97. The van der Waals surface area contributed by atoms with Gasteiger partial charge in [0.05, 0.1) is 7.11 Å². The van der Waals surface area contributed by atoms with Crippen molar-refractivity contribution < 1.29 is 4.74 Å². The number of likely N-dealkylation sites (tertiary alicyclic amines) is 1. The van der Waals surface area contributed by atoms with Crippen molar-refractivity contribution in [2.75, 3.05) is 20.2 Å². The van der Waals surface area contributed by atoms with Gasteiger partial charge in [0.1, 0.15) is 5.75 Å². The van der Waals surface area contributed by atoms with E-state index in [1.54, 1.807) is 7.11 Å². The predicted octanol–water partition coefficient (Wildman–Crippen LogP) is 2.59. The highest BCUT2D eigenvalue weighted by Gasteiger charge is 2.24. The van der Waals surface area contributed by atoms with Crippen molar-refractivity contribution in [1.82, 2.24) is 4.90 Å². The molecular formula is C15H25ClN2O. The molecule has 1 aliphatic heterocycles. The van der Waals surface area contributed by atoms with E-state index in [1.165, 1.54) is 17.5 Å². The van der Waals surface area contributed by atoms with Crippen LogP contribution in [0.15, 0.2) is 18.2 Å². The molecule has 2 rings (SSSR count). The Balaban J connectivity index is 0.00000180. The van der Waals surface area contributed by atoms with Crippen LogP contribution in [0.3, 0.4) is 0 Å². The van der Waals surface area contributed by atoms with Crippen molar-refractivity contribution in [3.63, 3.8) is 0 Å². The van der Waals surface area contributed by atoms with Gasteiger partial charge in [-0.2, -0.15) is 0 Å². The van der Waals surface area contributed by atoms with Crippen LogP contribution in [0.5, 0.6) is 5.75 Å². The molecule has 0 spiro atoms. The van der Waals surface area contributed by atoms with E-state index in [0.29, 0.717) is 12.0 Å². The Hall–Kier alpha value is -0.770. The summed E-state index contributed by atoms with van der Waals surface area (Å²) in [5.74, 6) is 1.62. The summed E-state index contributed by atoms with van der Waals surface area (Å²) < 4.78 is 5.29. The van der Waals surface area contributed by atoms with Crippen molar-refractivity contribution in [2.45, 2.75) is 32.9 Å². The minimum atomic E-state index is 0. The standard InChI is InChI=1S/C15H24N2O.ClH/c1-11-8-13(4-5-15(11)18-3)9-17-7-6-14(10-17)12(2)16;/h4-5,8,12,14H,6-7,9-10,16H2,1-3H3;1H. The van der Waals surface area contributed by atoms with Crippen molar-refractivity contribution in [3.05, 3.63) is 29.3 Å². The summed E-state index contributed by atoms with van der Waals surface area (Å²) in [5, 5.41) is 0. The molecule has 108 valence electrons. The fourth-order valence-electron chi connectivity index (χ4n) is 2.73. The number of methoxy groups -OCH3 is 1. The molecule has 0 amide bonds. The Morgan fingerprint density at radius 1 is 1.47 bits per heavy atom. The highest BCUT2D eigenvalue weighted by atomic mass is 35.5. The highest BCUT2D eigenvalue weighted by molar-refractivity contribution is 5.85. The first-order valence-corrected chi connectivity index (χ1v) is 6.71. The fourth-order valence-corrected chi connectivity index (χ4v) is 2.73. The SMILES string of the molecule is COc1ccc(CN2CCC(C(C)N)C2)cc1C.Cl. The van der Waals surface area contributed by atoms with Crippen LogP contribution in [0, 0.1) is 12.8 Å². The first-order valence-electron chi connectivity index (χ1n) is 6.71. The van der Waals surface area contributed by atoms with E-state index in [9.17, 15) is 0 Å². The topological polar surface area (TPSA) is 38.5 Å². The summed E-state index contributed by atoms with van der Waals surface area (Å²) >= 11 is 0. The number of hydrogen-bond donors (Lipinski definition) is 1. The van der Waals surface area contributed by atoms with Gasteiger partial charge in [-0.15, -0.1) is 12.4 Å². The molecule has 0 radical (unpaired) electrons. The highest BCUT2D eigenvalue weighted by Crippen LogP contribution is 2.23. The van der Waals surface area contributed by atoms with Crippen LogP contribution in [0.25, 0.3) is 0 Å². The molecule has 1 fully saturated rings. The lowest BCUT2D eigenvalue weighted by Crippen LogP contribution is -2.29. The quantitative estimate of drug-likeness (QED) is 0.924. The van der Waals surface area contributed by atoms with Crippen LogP contribution in [-0.4, -0.2) is 31.1 Å². The Labute approximate surface area is 122 Å². The van der Waals surface area contributed by atoms with Gasteiger partial charge >= 0.3 is 0 Å². The molecule has 19 heavy (non-hydrogen) atoms. The molecule has 1 heterocycles. The van der Waals surface area contributed by atoms with Gasteiger partial charge in [-0.25, -0.2) is 0 Å². The summed E-state index contributed by atoms with van der Waals surface area (Å²) in [4.78, 5) is 2.50. The van der Waals surface area contributed by atoms with E-state index in [4.69, 9.17) is 10.5 Å². The van der Waals surface area contributed by atoms with Gasteiger partial charge in [0.25, 0.3) is 0 Å². The minimum Gasteiger partial charge on any atom is -0.496 e. The molecule has 0 aromatic heterocycles. The molecular weight excluding hydrogens is 260 g/mol. The van der Waals surface area contributed by atoms with E-state index in [-0.39, 0.29) is 12.4 Å². The minimum absolute atomic E-state index is 0. The van der Waals surface area contributed by atoms with Crippen LogP contribution in [0.1, 0.15) is 24.5 Å². The summed E-state index contributed by atoms with van der Waals surface area (Å²) in [6.07, 6.45) is 1.23. The van der Waals surface area contributed by atoms with Crippen molar-refractivity contribution in [1.29, 1.82) is 0 Å². The third kappa shape index (κ3) is 4.10.